The van der Waals surface area contributed by atoms with Crippen LogP contribution in [0.5, 0.6) is 0 Å². The van der Waals surface area contributed by atoms with Crippen LogP contribution in [0.15, 0.2) is 11.6 Å². The minimum absolute atomic E-state index is 0.0250. The fraction of sp³-hybridized carbons (Fsp3) is 0.762. The molecule has 25 heavy (non-hydrogen) atoms. The van der Waals surface area contributed by atoms with Crippen molar-refractivity contribution in [2.24, 2.45) is 34.5 Å². The topological polar surface area (TPSA) is 71.4 Å². The molecule has 4 aliphatic carbocycles. The summed E-state index contributed by atoms with van der Waals surface area (Å²) in [6, 6.07) is 0. The Kier molecular flexibility index (Phi) is 3.75. The van der Waals surface area contributed by atoms with E-state index < -0.39 is 5.97 Å². The summed E-state index contributed by atoms with van der Waals surface area (Å²) in [6.45, 7) is 4.38. The Morgan fingerprint density at radius 1 is 1.16 bits per heavy atom. The van der Waals surface area contributed by atoms with Gasteiger partial charge >= 0.3 is 5.97 Å². The molecule has 0 aromatic carbocycles. The Labute approximate surface area is 149 Å². The highest BCUT2D eigenvalue weighted by Gasteiger charge is 2.61. The number of fused-ring (bicyclic) bond motifs is 5. The van der Waals surface area contributed by atoms with Gasteiger partial charge in [0.05, 0.1) is 6.42 Å². The smallest absolute Gasteiger partial charge is 0.307 e. The highest BCUT2D eigenvalue weighted by molar-refractivity contribution is 5.93. The average molecular weight is 344 g/mol. The van der Waals surface area contributed by atoms with Gasteiger partial charge in [-0.3, -0.25) is 14.4 Å². The molecular weight excluding hydrogens is 316 g/mol. The molecule has 136 valence electrons. The number of carbonyl (C=O) groups is 3. The van der Waals surface area contributed by atoms with Crippen molar-refractivity contribution in [3.05, 3.63) is 11.6 Å². The lowest BCUT2D eigenvalue weighted by molar-refractivity contribution is -0.138. The van der Waals surface area contributed by atoms with E-state index in [1.54, 1.807) is 6.08 Å². The summed E-state index contributed by atoms with van der Waals surface area (Å²) in [6.07, 6.45) is 7.87. The van der Waals surface area contributed by atoms with E-state index in [1.807, 2.05) is 0 Å². The summed E-state index contributed by atoms with van der Waals surface area (Å²) >= 11 is 0. The van der Waals surface area contributed by atoms with Gasteiger partial charge in [-0.15, -0.1) is 0 Å². The van der Waals surface area contributed by atoms with Crippen molar-refractivity contribution >= 4 is 17.5 Å². The molecular formula is C21H28O4. The molecule has 0 aromatic rings. The normalized spacial score (nSPS) is 46.1. The van der Waals surface area contributed by atoms with Crippen LogP contribution in [0.25, 0.3) is 0 Å². The van der Waals surface area contributed by atoms with Gasteiger partial charge in [0, 0.05) is 18.3 Å². The van der Waals surface area contributed by atoms with Crippen LogP contribution in [0.3, 0.4) is 0 Å². The van der Waals surface area contributed by atoms with E-state index in [2.05, 4.69) is 13.8 Å². The number of allylic oxidation sites excluding steroid dienone is 1. The van der Waals surface area contributed by atoms with Crippen LogP contribution in [-0.4, -0.2) is 22.6 Å². The number of carboxylic acids is 1. The summed E-state index contributed by atoms with van der Waals surface area (Å²) in [5.41, 5.74) is 0.483. The first-order valence-electron chi connectivity index (χ1n) is 9.76. The molecule has 1 unspecified atom stereocenters. The molecule has 0 aromatic heterocycles. The molecule has 1 N–H and O–H groups in total. The van der Waals surface area contributed by atoms with Crippen molar-refractivity contribution in [3.63, 3.8) is 0 Å². The third kappa shape index (κ3) is 2.29. The zero-order chi connectivity index (χ0) is 18.0. The molecule has 6 atom stereocenters. The molecule has 4 heteroatoms. The van der Waals surface area contributed by atoms with Gasteiger partial charge in [0.25, 0.3) is 0 Å². The molecule has 0 saturated heterocycles. The predicted molar refractivity (Wildman–Crippen MR) is 92.8 cm³/mol. The Bertz CT molecular complexity index is 677. The third-order valence-corrected chi connectivity index (χ3v) is 8.43. The van der Waals surface area contributed by atoms with E-state index in [4.69, 9.17) is 0 Å². The van der Waals surface area contributed by atoms with Crippen molar-refractivity contribution in [2.45, 2.75) is 65.2 Å². The maximum atomic E-state index is 12.5. The van der Waals surface area contributed by atoms with Gasteiger partial charge in [-0.25, -0.2) is 0 Å². The third-order valence-electron chi connectivity index (χ3n) is 8.43. The minimum atomic E-state index is -0.847. The Hall–Kier alpha value is -1.45. The Morgan fingerprint density at radius 3 is 2.64 bits per heavy atom. The zero-order valence-electron chi connectivity index (χ0n) is 15.2. The standard InChI is InChI=1S/C21H28O4/c1-20-8-7-17-15(16(20)5-6-18(20)23)4-3-12-9-14(22)10-13(11-19(24)25)21(12,17)2/h10,12,15-17H,3-9,11H2,1-2H3,(H,24,25)/t12?,15-,16-,17-,20-,21+/m0/s1. The SMILES string of the molecule is C[C@]12C(CC(=O)O)=CC(=O)CC1CC[C@@H]1[C@@H]2CC[C@]2(C)C(=O)CC[C@@H]12. The van der Waals surface area contributed by atoms with E-state index in [9.17, 15) is 19.5 Å². The number of aliphatic carboxylic acids is 1. The maximum absolute atomic E-state index is 12.5. The summed E-state index contributed by atoms with van der Waals surface area (Å²) in [4.78, 5) is 36.1. The van der Waals surface area contributed by atoms with Crippen LogP contribution >= 0.6 is 0 Å². The van der Waals surface area contributed by atoms with Crippen molar-refractivity contribution < 1.29 is 19.5 Å². The molecule has 3 saturated carbocycles. The Balaban J connectivity index is 1.73. The van der Waals surface area contributed by atoms with Gasteiger partial charge < -0.3 is 5.11 Å². The van der Waals surface area contributed by atoms with Crippen molar-refractivity contribution in [1.29, 1.82) is 0 Å². The van der Waals surface area contributed by atoms with E-state index in [1.165, 1.54) is 0 Å². The van der Waals surface area contributed by atoms with Crippen molar-refractivity contribution in [3.8, 4) is 0 Å². The molecule has 4 aliphatic rings. The molecule has 0 radical (unpaired) electrons. The molecule has 4 nitrogen and oxygen atoms in total. The lowest BCUT2D eigenvalue weighted by Gasteiger charge is -2.59. The van der Waals surface area contributed by atoms with Gasteiger partial charge in [0.1, 0.15) is 5.78 Å². The molecule has 3 fully saturated rings. The first-order valence-corrected chi connectivity index (χ1v) is 9.76. The summed E-state index contributed by atoms with van der Waals surface area (Å²) in [5, 5.41) is 9.38. The number of carboxylic acid groups (broad SMARTS) is 1. The zero-order valence-corrected chi connectivity index (χ0v) is 15.2. The number of hydrogen-bond donors (Lipinski definition) is 1. The number of carbonyl (C=O) groups excluding carboxylic acids is 2. The van der Waals surface area contributed by atoms with Gasteiger partial charge in [0.15, 0.2) is 5.78 Å². The van der Waals surface area contributed by atoms with Crippen LogP contribution < -0.4 is 0 Å². The molecule has 4 rings (SSSR count). The maximum Gasteiger partial charge on any atom is 0.307 e. The minimum Gasteiger partial charge on any atom is -0.481 e. The molecule has 0 spiro atoms. The van der Waals surface area contributed by atoms with Crippen LogP contribution in [0.4, 0.5) is 0 Å². The summed E-state index contributed by atoms with van der Waals surface area (Å²) in [5.74, 6) is 1.30. The van der Waals surface area contributed by atoms with Gasteiger partial charge in [-0.2, -0.15) is 0 Å². The highest BCUT2D eigenvalue weighted by atomic mass is 16.4. The second kappa shape index (κ2) is 5.52. The fourth-order valence-corrected chi connectivity index (χ4v) is 7.07. The van der Waals surface area contributed by atoms with E-state index in [-0.39, 0.29) is 29.0 Å². The second-order valence-corrected chi connectivity index (χ2v) is 9.26. The number of hydrogen-bond acceptors (Lipinski definition) is 3. The predicted octanol–water partition coefficient (Wildman–Crippen LogP) is 3.79. The van der Waals surface area contributed by atoms with Crippen LogP contribution in [-0.2, 0) is 14.4 Å². The van der Waals surface area contributed by atoms with Gasteiger partial charge in [0.2, 0.25) is 0 Å². The summed E-state index contributed by atoms with van der Waals surface area (Å²) in [7, 11) is 0. The van der Waals surface area contributed by atoms with Crippen LogP contribution in [0, 0.1) is 34.5 Å². The number of ketones is 2. The highest BCUT2D eigenvalue weighted by Crippen LogP contribution is 2.66. The number of rotatable bonds is 2. The Morgan fingerprint density at radius 2 is 1.92 bits per heavy atom. The van der Waals surface area contributed by atoms with E-state index in [0.717, 1.165) is 37.7 Å². The monoisotopic (exact) mass is 344 g/mol. The van der Waals surface area contributed by atoms with Gasteiger partial charge in [-0.1, -0.05) is 13.8 Å². The first-order chi connectivity index (χ1) is 11.8. The van der Waals surface area contributed by atoms with Gasteiger partial charge in [-0.05, 0) is 72.8 Å². The fourth-order valence-electron chi connectivity index (χ4n) is 7.07. The van der Waals surface area contributed by atoms with Crippen LogP contribution in [0.1, 0.15) is 65.2 Å². The molecule has 0 aliphatic heterocycles. The second-order valence-electron chi connectivity index (χ2n) is 9.26. The largest absolute Gasteiger partial charge is 0.481 e. The van der Waals surface area contributed by atoms with E-state index >= 15 is 0 Å². The van der Waals surface area contributed by atoms with Crippen molar-refractivity contribution in [1.82, 2.24) is 0 Å². The molecule has 0 amide bonds. The number of Topliss-reactive ketones (excluding diaryl/α,β-unsaturated/α-hetero) is 1. The average Bonchev–Trinajstić information content (AvgIpc) is 2.84. The first kappa shape index (κ1) is 17.0. The summed E-state index contributed by atoms with van der Waals surface area (Å²) < 4.78 is 0. The van der Waals surface area contributed by atoms with Crippen molar-refractivity contribution in [2.75, 3.05) is 0 Å². The van der Waals surface area contributed by atoms with E-state index in [0.29, 0.717) is 36.4 Å². The molecule has 0 heterocycles. The molecule has 0 bridgehead atoms. The van der Waals surface area contributed by atoms with Crippen LogP contribution in [0.2, 0.25) is 0 Å². The lowest BCUT2D eigenvalue weighted by atomic mass is 9.44. The lowest BCUT2D eigenvalue weighted by Crippen LogP contribution is -2.54. The quantitative estimate of drug-likeness (QED) is 0.827.